The third kappa shape index (κ3) is 1.80. The van der Waals surface area contributed by atoms with E-state index in [1.807, 2.05) is 0 Å². The third-order valence-electron chi connectivity index (χ3n) is 2.02. The minimum atomic E-state index is -0.0545. The molecule has 1 fully saturated rings. The SMILES string of the molecule is CCCSc1n[nH]c(=O)n1C1CC1. The number of rotatable bonds is 4. The second kappa shape index (κ2) is 3.57. The molecule has 0 saturated heterocycles. The summed E-state index contributed by atoms with van der Waals surface area (Å²) in [6.07, 6.45) is 3.36. The number of aromatic amines is 1. The second-order valence-corrected chi connectivity index (χ2v) is 4.32. The molecule has 1 aromatic rings. The van der Waals surface area contributed by atoms with E-state index in [0.717, 1.165) is 30.2 Å². The third-order valence-corrected chi connectivity index (χ3v) is 3.18. The van der Waals surface area contributed by atoms with Gasteiger partial charge >= 0.3 is 5.69 Å². The molecule has 0 aliphatic heterocycles. The molecule has 1 heterocycles. The van der Waals surface area contributed by atoms with E-state index in [-0.39, 0.29) is 5.69 Å². The summed E-state index contributed by atoms with van der Waals surface area (Å²) >= 11 is 1.66. The Labute approximate surface area is 80.7 Å². The quantitative estimate of drug-likeness (QED) is 0.746. The van der Waals surface area contributed by atoms with E-state index in [2.05, 4.69) is 17.1 Å². The van der Waals surface area contributed by atoms with Gasteiger partial charge in [0.15, 0.2) is 5.16 Å². The Kier molecular flexibility index (Phi) is 2.44. The van der Waals surface area contributed by atoms with Crippen molar-refractivity contribution < 1.29 is 0 Å². The molecule has 0 aromatic carbocycles. The first kappa shape index (κ1) is 8.87. The fourth-order valence-corrected chi connectivity index (χ4v) is 2.11. The Morgan fingerprint density at radius 2 is 2.46 bits per heavy atom. The van der Waals surface area contributed by atoms with Crippen LogP contribution in [0.15, 0.2) is 9.95 Å². The Balaban J connectivity index is 2.18. The molecule has 1 aliphatic rings. The van der Waals surface area contributed by atoms with E-state index >= 15 is 0 Å². The van der Waals surface area contributed by atoms with Gasteiger partial charge in [0.05, 0.1) is 0 Å². The summed E-state index contributed by atoms with van der Waals surface area (Å²) in [6.45, 7) is 2.12. The number of H-pyrrole nitrogens is 1. The van der Waals surface area contributed by atoms with E-state index in [4.69, 9.17) is 0 Å². The fourth-order valence-electron chi connectivity index (χ4n) is 1.24. The predicted molar refractivity (Wildman–Crippen MR) is 52.1 cm³/mol. The van der Waals surface area contributed by atoms with E-state index in [1.165, 1.54) is 0 Å². The zero-order valence-electron chi connectivity index (χ0n) is 7.62. The van der Waals surface area contributed by atoms with Gasteiger partial charge in [-0.15, -0.1) is 5.10 Å². The molecule has 1 saturated carbocycles. The maximum absolute atomic E-state index is 11.3. The fraction of sp³-hybridized carbons (Fsp3) is 0.750. The van der Waals surface area contributed by atoms with Crippen LogP contribution in [0, 0.1) is 0 Å². The van der Waals surface area contributed by atoms with E-state index < -0.39 is 0 Å². The lowest BCUT2D eigenvalue weighted by atomic mass is 10.6. The van der Waals surface area contributed by atoms with Gasteiger partial charge in [0.2, 0.25) is 0 Å². The first-order valence-electron chi connectivity index (χ1n) is 4.62. The number of thioether (sulfide) groups is 1. The van der Waals surface area contributed by atoms with Gasteiger partial charge in [0.25, 0.3) is 0 Å². The van der Waals surface area contributed by atoms with Crippen LogP contribution in [0.5, 0.6) is 0 Å². The Bertz CT molecular complexity index is 339. The Morgan fingerprint density at radius 1 is 1.69 bits per heavy atom. The first-order valence-corrected chi connectivity index (χ1v) is 5.61. The molecule has 4 nitrogen and oxygen atoms in total. The highest BCUT2D eigenvalue weighted by Gasteiger charge is 2.28. The summed E-state index contributed by atoms with van der Waals surface area (Å²) < 4.78 is 1.79. The van der Waals surface area contributed by atoms with Crippen molar-refractivity contribution in [3.8, 4) is 0 Å². The summed E-state index contributed by atoms with van der Waals surface area (Å²) in [4.78, 5) is 11.3. The molecule has 1 aliphatic carbocycles. The van der Waals surface area contributed by atoms with E-state index in [9.17, 15) is 4.79 Å². The highest BCUT2D eigenvalue weighted by Crippen LogP contribution is 2.35. The molecule has 13 heavy (non-hydrogen) atoms. The number of nitrogens with zero attached hydrogens (tertiary/aromatic N) is 2. The van der Waals surface area contributed by atoms with Crippen LogP contribution in [0.4, 0.5) is 0 Å². The molecule has 72 valence electrons. The van der Waals surface area contributed by atoms with Gasteiger partial charge in [-0.3, -0.25) is 4.57 Å². The molecule has 5 heteroatoms. The van der Waals surface area contributed by atoms with Gasteiger partial charge in [0, 0.05) is 11.8 Å². The van der Waals surface area contributed by atoms with Crippen LogP contribution in [0.1, 0.15) is 32.2 Å². The molecule has 0 bridgehead atoms. The summed E-state index contributed by atoms with van der Waals surface area (Å²) in [7, 11) is 0. The van der Waals surface area contributed by atoms with Crippen LogP contribution in [-0.4, -0.2) is 20.5 Å². The van der Waals surface area contributed by atoms with Gasteiger partial charge in [-0.25, -0.2) is 9.89 Å². The molecule has 0 spiro atoms. The Hall–Kier alpha value is -0.710. The zero-order valence-corrected chi connectivity index (χ0v) is 8.43. The van der Waals surface area contributed by atoms with Crippen LogP contribution in [-0.2, 0) is 0 Å². The number of hydrogen-bond donors (Lipinski definition) is 1. The van der Waals surface area contributed by atoms with Crippen LogP contribution in [0.25, 0.3) is 0 Å². The van der Waals surface area contributed by atoms with Crippen LogP contribution >= 0.6 is 11.8 Å². The normalized spacial score (nSPS) is 16.4. The molecule has 1 aromatic heterocycles. The van der Waals surface area contributed by atoms with Gasteiger partial charge in [-0.2, -0.15) is 0 Å². The monoisotopic (exact) mass is 199 g/mol. The van der Waals surface area contributed by atoms with Crippen molar-refractivity contribution in [2.24, 2.45) is 0 Å². The topological polar surface area (TPSA) is 50.7 Å². The lowest BCUT2D eigenvalue weighted by Gasteiger charge is -2.00. The average Bonchev–Trinajstić information content (AvgIpc) is 2.88. The van der Waals surface area contributed by atoms with Crippen molar-refractivity contribution in [2.45, 2.75) is 37.4 Å². The standard InChI is InChI=1S/C8H13N3OS/c1-2-5-13-8-10-9-7(12)11(8)6-3-4-6/h6H,2-5H2,1H3,(H,9,12). The maximum Gasteiger partial charge on any atom is 0.344 e. The largest absolute Gasteiger partial charge is 0.344 e. The van der Waals surface area contributed by atoms with Crippen molar-refractivity contribution in [2.75, 3.05) is 5.75 Å². The van der Waals surface area contributed by atoms with Crippen molar-refractivity contribution in [1.29, 1.82) is 0 Å². The smallest absolute Gasteiger partial charge is 0.267 e. The van der Waals surface area contributed by atoms with Crippen molar-refractivity contribution in [3.63, 3.8) is 0 Å². The molecule has 0 unspecified atom stereocenters. The summed E-state index contributed by atoms with van der Waals surface area (Å²) in [5.41, 5.74) is -0.0545. The molecule has 0 atom stereocenters. The lowest BCUT2D eigenvalue weighted by molar-refractivity contribution is 0.642. The Morgan fingerprint density at radius 3 is 3.08 bits per heavy atom. The average molecular weight is 199 g/mol. The maximum atomic E-state index is 11.3. The number of aromatic nitrogens is 3. The van der Waals surface area contributed by atoms with E-state index in [1.54, 1.807) is 16.3 Å². The second-order valence-electron chi connectivity index (χ2n) is 3.26. The van der Waals surface area contributed by atoms with Crippen molar-refractivity contribution in [3.05, 3.63) is 10.5 Å². The van der Waals surface area contributed by atoms with Crippen LogP contribution in [0.2, 0.25) is 0 Å². The van der Waals surface area contributed by atoms with Crippen molar-refractivity contribution in [1.82, 2.24) is 14.8 Å². The highest BCUT2D eigenvalue weighted by atomic mass is 32.2. The first-order chi connectivity index (χ1) is 6.33. The molecule has 0 amide bonds. The number of hydrogen-bond acceptors (Lipinski definition) is 3. The van der Waals surface area contributed by atoms with Gasteiger partial charge in [-0.1, -0.05) is 18.7 Å². The highest BCUT2D eigenvalue weighted by molar-refractivity contribution is 7.99. The van der Waals surface area contributed by atoms with Gasteiger partial charge in [0.1, 0.15) is 0 Å². The van der Waals surface area contributed by atoms with Gasteiger partial charge < -0.3 is 0 Å². The van der Waals surface area contributed by atoms with Gasteiger partial charge in [-0.05, 0) is 19.3 Å². The molecule has 0 radical (unpaired) electrons. The molecular formula is C8H13N3OS. The number of nitrogens with one attached hydrogen (secondary N) is 1. The molecule has 1 N–H and O–H groups in total. The minimum absolute atomic E-state index is 0.0545. The van der Waals surface area contributed by atoms with E-state index in [0.29, 0.717) is 6.04 Å². The van der Waals surface area contributed by atoms with Crippen LogP contribution < -0.4 is 5.69 Å². The predicted octanol–water partition coefficient (Wildman–Crippen LogP) is 1.41. The van der Waals surface area contributed by atoms with Crippen LogP contribution in [0.3, 0.4) is 0 Å². The minimum Gasteiger partial charge on any atom is -0.267 e. The molecular weight excluding hydrogens is 186 g/mol. The zero-order chi connectivity index (χ0) is 9.26. The molecule has 2 rings (SSSR count). The summed E-state index contributed by atoms with van der Waals surface area (Å²) in [5, 5.41) is 7.36. The lowest BCUT2D eigenvalue weighted by Crippen LogP contribution is -2.16. The van der Waals surface area contributed by atoms with Crippen molar-refractivity contribution >= 4 is 11.8 Å². The summed E-state index contributed by atoms with van der Waals surface area (Å²) in [6, 6.07) is 0.422. The summed E-state index contributed by atoms with van der Waals surface area (Å²) in [5.74, 6) is 1.02.